The van der Waals surface area contributed by atoms with Gasteiger partial charge in [0.15, 0.2) is 0 Å². The van der Waals surface area contributed by atoms with Crippen molar-refractivity contribution >= 4 is 17.2 Å². The molecule has 2 rings (SSSR count). The molecule has 15 heavy (non-hydrogen) atoms. The second-order valence-corrected chi connectivity index (χ2v) is 4.35. The van der Waals surface area contributed by atoms with Gasteiger partial charge >= 0.3 is 0 Å². The van der Waals surface area contributed by atoms with Crippen LogP contribution in [0.15, 0.2) is 29.1 Å². The number of anilines is 1. The van der Waals surface area contributed by atoms with Crippen LogP contribution in [0.4, 0.5) is 5.82 Å². The van der Waals surface area contributed by atoms with Crippen LogP contribution in [0.3, 0.4) is 0 Å². The van der Waals surface area contributed by atoms with Crippen LogP contribution in [0.1, 0.15) is 16.7 Å². The molecule has 0 aliphatic heterocycles. The summed E-state index contributed by atoms with van der Waals surface area (Å²) in [4.78, 5) is 4.30. The Hall–Kier alpha value is -1.35. The van der Waals surface area contributed by atoms with Gasteiger partial charge in [0.1, 0.15) is 5.82 Å². The minimum Gasteiger partial charge on any atom is -0.366 e. The van der Waals surface area contributed by atoms with Gasteiger partial charge in [-0.2, -0.15) is 11.3 Å². The van der Waals surface area contributed by atoms with Crippen LogP contribution < -0.4 is 5.32 Å². The topological polar surface area (TPSA) is 24.9 Å². The summed E-state index contributed by atoms with van der Waals surface area (Å²) < 4.78 is 0. The van der Waals surface area contributed by atoms with Crippen molar-refractivity contribution in [3.05, 3.63) is 45.8 Å². The average Bonchev–Trinajstić information content (AvgIpc) is 2.63. The molecule has 1 N–H and O–H groups in total. The number of nitrogens with one attached hydrogen (secondary N) is 1. The fourth-order valence-electron chi connectivity index (χ4n) is 1.42. The van der Waals surface area contributed by atoms with Gasteiger partial charge in [-0.1, -0.05) is 6.07 Å². The van der Waals surface area contributed by atoms with E-state index in [4.69, 9.17) is 0 Å². The summed E-state index contributed by atoms with van der Waals surface area (Å²) in [6.45, 7) is 5.06. The van der Waals surface area contributed by atoms with E-state index in [9.17, 15) is 0 Å². The van der Waals surface area contributed by atoms with Crippen molar-refractivity contribution in [2.75, 3.05) is 5.32 Å². The Kier molecular flexibility index (Phi) is 3.02. The highest BCUT2D eigenvalue weighted by Crippen LogP contribution is 2.16. The van der Waals surface area contributed by atoms with Gasteiger partial charge in [0.25, 0.3) is 0 Å². The second kappa shape index (κ2) is 4.45. The van der Waals surface area contributed by atoms with E-state index in [0.29, 0.717) is 0 Å². The zero-order chi connectivity index (χ0) is 10.7. The fourth-order valence-corrected chi connectivity index (χ4v) is 2.27. The molecule has 0 radical (unpaired) electrons. The number of nitrogens with zero attached hydrogens (tertiary/aromatic N) is 1. The van der Waals surface area contributed by atoms with Crippen LogP contribution in [0.2, 0.25) is 0 Å². The standard InChI is InChI=1S/C12H14N2S/c1-9-4-3-5-13-12(9)14-6-11-8-15-7-10(11)2/h3-5,7-8H,6H2,1-2H3,(H,13,14). The normalized spacial score (nSPS) is 10.3. The molecule has 0 bridgehead atoms. The zero-order valence-corrected chi connectivity index (χ0v) is 9.77. The number of aromatic nitrogens is 1. The summed E-state index contributed by atoms with van der Waals surface area (Å²) in [5.41, 5.74) is 3.89. The Labute approximate surface area is 94.0 Å². The van der Waals surface area contributed by atoms with Gasteiger partial charge in [-0.15, -0.1) is 0 Å². The molecular weight excluding hydrogens is 204 g/mol. The maximum absolute atomic E-state index is 4.30. The third-order valence-corrected chi connectivity index (χ3v) is 3.33. The van der Waals surface area contributed by atoms with Crippen LogP contribution >= 0.6 is 11.3 Å². The smallest absolute Gasteiger partial charge is 0.129 e. The van der Waals surface area contributed by atoms with E-state index in [0.717, 1.165) is 12.4 Å². The molecule has 2 heterocycles. The molecule has 2 aromatic heterocycles. The molecule has 0 amide bonds. The van der Waals surface area contributed by atoms with E-state index in [2.05, 4.69) is 41.0 Å². The summed E-state index contributed by atoms with van der Waals surface area (Å²) in [6.07, 6.45) is 1.82. The molecule has 78 valence electrons. The maximum Gasteiger partial charge on any atom is 0.129 e. The van der Waals surface area contributed by atoms with Crippen molar-refractivity contribution < 1.29 is 0 Å². The summed E-state index contributed by atoms with van der Waals surface area (Å²) >= 11 is 1.75. The lowest BCUT2D eigenvalue weighted by atomic mass is 10.2. The van der Waals surface area contributed by atoms with Gasteiger partial charge in [0.05, 0.1) is 0 Å². The van der Waals surface area contributed by atoms with E-state index in [-0.39, 0.29) is 0 Å². The molecule has 0 atom stereocenters. The molecular formula is C12H14N2S. The maximum atomic E-state index is 4.30. The predicted octanol–water partition coefficient (Wildman–Crippen LogP) is 3.37. The van der Waals surface area contributed by atoms with Crippen molar-refractivity contribution in [2.45, 2.75) is 20.4 Å². The molecule has 0 aromatic carbocycles. The van der Waals surface area contributed by atoms with Crippen LogP contribution in [0, 0.1) is 13.8 Å². The van der Waals surface area contributed by atoms with Crippen LogP contribution in [-0.2, 0) is 6.54 Å². The first kappa shape index (κ1) is 10.2. The molecule has 0 saturated carbocycles. The highest BCUT2D eigenvalue weighted by atomic mass is 32.1. The fraction of sp³-hybridized carbons (Fsp3) is 0.250. The van der Waals surface area contributed by atoms with E-state index < -0.39 is 0 Å². The van der Waals surface area contributed by atoms with E-state index >= 15 is 0 Å². The second-order valence-electron chi connectivity index (χ2n) is 3.60. The number of aryl methyl sites for hydroxylation is 2. The van der Waals surface area contributed by atoms with Crippen molar-refractivity contribution in [2.24, 2.45) is 0 Å². The van der Waals surface area contributed by atoms with Gasteiger partial charge < -0.3 is 5.32 Å². The van der Waals surface area contributed by atoms with Crippen LogP contribution in [0.25, 0.3) is 0 Å². The van der Waals surface area contributed by atoms with Gasteiger partial charge in [-0.05, 0) is 47.4 Å². The molecule has 0 spiro atoms. The Morgan fingerprint density at radius 3 is 2.80 bits per heavy atom. The largest absolute Gasteiger partial charge is 0.366 e. The molecule has 0 aliphatic carbocycles. The molecule has 0 saturated heterocycles. The molecule has 0 fully saturated rings. The van der Waals surface area contributed by atoms with E-state index in [1.165, 1.54) is 16.7 Å². The predicted molar refractivity (Wildman–Crippen MR) is 65.4 cm³/mol. The SMILES string of the molecule is Cc1cscc1CNc1ncccc1C. The average molecular weight is 218 g/mol. The minimum atomic E-state index is 0.854. The molecule has 2 nitrogen and oxygen atoms in total. The Morgan fingerprint density at radius 1 is 1.27 bits per heavy atom. The number of rotatable bonds is 3. The molecule has 0 aliphatic rings. The number of hydrogen-bond acceptors (Lipinski definition) is 3. The number of hydrogen-bond donors (Lipinski definition) is 1. The summed E-state index contributed by atoms with van der Waals surface area (Å²) in [6, 6.07) is 4.02. The quantitative estimate of drug-likeness (QED) is 0.854. The van der Waals surface area contributed by atoms with Gasteiger partial charge in [0, 0.05) is 12.7 Å². The third kappa shape index (κ3) is 2.36. The molecule has 3 heteroatoms. The monoisotopic (exact) mass is 218 g/mol. The van der Waals surface area contributed by atoms with Crippen molar-refractivity contribution in [1.82, 2.24) is 4.98 Å². The lowest BCUT2D eigenvalue weighted by molar-refractivity contribution is 1.09. The Morgan fingerprint density at radius 2 is 2.13 bits per heavy atom. The van der Waals surface area contributed by atoms with Crippen LogP contribution in [0.5, 0.6) is 0 Å². The van der Waals surface area contributed by atoms with Crippen LogP contribution in [-0.4, -0.2) is 4.98 Å². The highest BCUT2D eigenvalue weighted by molar-refractivity contribution is 7.08. The molecule has 0 unspecified atom stereocenters. The summed E-state index contributed by atoms with van der Waals surface area (Å²) in [7, 11) is 0. The first-order valence-electron chi connectivity index (χ1n) is 4.94. The van der Waals surface area contributed by atoms with Crippen molar-refractivity contribution in [3.63, 3.8) is 0 Å². The van der Waals surface area contributed by atoms with Crippen molar-refractivity contribution in [3.8, 4) is 0 Å². The summed E-state index contributed by atoms with van der Waals surface area (Å²) in [5.74, 6) is 0.975. The minimum absolute atomic E-state index is 0.854. The lowest BCUT2D eigenvalue weighted by Gasteiger charge is -2.07. The molecule has 2 aromatic rings. The van der Waals surface area contributed by atoms with Gasteiger partial charge in [-0.25, -0.2) is 4.98 Å². The first-order valence-corrected chi connectivity index (χ1v) is 5.89. The zero-order valence-electron chi connectivity index (χ0n) is 8.95. The van der Waals surface area contributed by atoms with Gasteiger partial charge in [0.2, 0.25) is 0 Å². The number of pyridine rings is 1. The number of thiophene rings is 1. The van der Waals surface area contributed by atoms with E-state index in [1.807, 2.05) is 12.3 Å². The lowest BCUT2D eigenvalue weighted by Crippen LogP contribution is -2.02. The third-order valence-electron chi connectivity index (χ3n) is 2.42. The summed E-state index contributed by atoms with van der Waals surface area (Å²) in [5, 5.41) is 7.70. The Balaban J connectivity index is 2.06. The van der Waals surface area contributed by atoms with Gasteiger partial charge in [-0.3, -0.25) is 0 Å². The van der Waals surface area contributed by atoms with Crippen molar-refractivity contribution in [1.29, 1.82) is 0 Å². The Bertz CT molecular complexity index is 448. The highest BCUT2D eigenvalue weighted by Gasteiger charge is 2.01. The first-order chi connectivity index (χ1) is 7.27. The van der Waals surface area contributed by atoms with E-state index in [1.54, 1.807) is 11.3 Å².